The summed E-state index contributed by atoms with van der Waals surface area (Å²) in [6, 6.07) is 7.84. The highest BCUT2D eigenvalue weighted by atomic mass is 35.5. The third kappa shape index (κ3) is 5.16. The molecular formula is C16H23ClN2O3. The zero-order valence-electron chi connectivity index (χ0n) is 12.9. The number of rotatable bonds is 7. The molecule has 1 fully saturated rings. The quantitative estimate of drug-likeness (QED) is 0.832. The Hall–Kier alpha value is -1.30. The molecule has 2 rings (SSSR count). The summed E-state index contributed by atoms with van der Waals surface area (Å²) < 4.78 is 5.70. The lowest BCUT2D eigenvalue weighted by molar-refractivity contribution is -0.138. The molecule has 1 N–H and O–H groups in total. The molecule has 0 saturated carbocycles. The first-order valence-corrected chi connectivity index (χ1v) is 7.96. The molecule has 122 valence electrons. The van der Waals surface area contributed by atoms with Gasteiger partial charge in [0.05, 0.1) is 11.6 Å². The Morgan fingerprint density at radius 2 is 2.09 bits per heavy atom. The molecule has 1 aliphatic rings. The Morgan fingerprint density at radius 3 is 2.73 bits per heavy atom. The van der Waals surface area contributed by atoms with Gasteiger partial charge in [-0.1, -0.05) is 23.7 Å². The zero-order valence-corrected chi connectivity index (χ0v) is 13.6. The van der Waals surface area contributed by atoms with Crippen LogP contribution in [0.4, 0.5) is 0 Å². The van der Waals surface area contributed by atoms with E-state index in [0.717, 1.165) is 38.2 Å². The molecule has 1 aromatic rings. The van der Waals surface area contributed by atoms with E-state index in [1.54, 1.807) is 0 Å². The largest absolute Gasteiger partial charge is 0.491 e. The number of carboxylic acids is 1. The Labute approximate surface area is 136 Å². The normalized spacial score (nSPS) is 16.9. The molecule has 0 spiro atoms. The Bertz CT molecular complexity index is 490. The molecule has 1 aromatic carbocycles. The molecule has 0 aromatic heterocycles. The number of likely N-dealkylation sites (N-methyl/N-ethyl adjacent to an activating group) is 1. The van der Waals surface area contributed by atoms with E-state index >= 15 is 0 Å². The van der Waals surface area contributed by atoms with Crippen LogP contribution < -0.4 is 4.74 Å². The van der Waals surface area contributed by atoms with Gasteiger partial charge in [0.15, 0.2) is 0 Å². The van der Waals surface area contributed by atoms with Crippen LogP contribution in [0.3, 0.4) is 0 Å². The number of nitrogens with zero attached hydrogens (tertiary/aromatic N) is 2. The van der Waals surface area contributed by atoms with Gasteiger partial charge in [0.2, 0.25) is 0 Å². The topological polar surface area (TPSA) is 53.0 Å². The van der Waals surface area contributed by atoms with E-state index in [1.807, 2.05) is 36.2 Å². The maximum atomic E-state index is 10.7. The number of benzene rings is 1. The van der Waals surface area contributed by atoms with Gasteiger partial charge in [-0.25, -0.2) is 0 Å². The minimum atomic E-state index is -0.766. The highest BCUT2D eigenvalue weighted by Gasteiger charge is 2.23. The monoisotopic (exact) mass is 326 g/mol. The van der Waals surface area contributed by atoms with Crippen LogP contribution in [0.25, 0.3) is 0 Å². The smallest absolute Gasteiger partial charge is 0.317 e. The van der Waals surface area contributed by atoms with Gasteiger partial charge in [-0.15, -0.1) is 0 Å². The molecule has 0 radical (unpaired) electrons. The number of likely N-dealkylation sites (tertiary alicyclic amines) is 1. The molecule has 0 amide bonds. The van der Waals surface area contributed by atoms with Gasteiger partial charge in [-0.2, -0.15) is 0 Å². The highest BCUT2D eigenvalue weighted by molar-refractivity contribution is 6.32. The number of hydrogen-bond donors (Lipinski definition) is 1. The van der Waals surface area contributed by atoms with Crippen molar-refractivity contribution in [2.75, 3.05) is 39.8 Å². The molecule has 0 unspecified atom stereocenters. The van der Waals surface area contributed by atoms with E-state index < -0.39 is 5.97 Å². The number of halogens is 1. The summed E-state index contributed by atoms with van der Waals surface area (Å²) in [7, 11) is 1.88. The molecule has 0 bridgehead atoms. The van der Waals surface area contributed by atoms with E-state index in [2.05, 4.69) is 4.90 Å². The van der Waals surface area contributed by atoms with Crippen LogP contribution in [0, 0.1) is 0 Å². The second-order valence-corrected chi connectivity index (χ2v) is 6.07. The maximum absolute atomic E-state index is 10.7. The lowest BCUT2D eigenvalue weighted by atomic mass is 10.0. The summed E-state index contributed by atoms with van der Waals surface area (Å²) in [4.78, 5) is 15.0. The molecule has 1 heterocycles. The van der Waals surface area contributed by atoms with Gasteiger partial charge in [-0.3, -0.25) is 14.6 Å². The second kappa shape index (κ2) is 8.36. The average molecular weight is 327 g/mol. The molecule has 1 aliphatic heterocycles. The van der Waals surface area contributed by atoms with E-state index in [-0.39, 0.29) is 6.54 Å². The van der Waals surface area contributed by atoms with Crippen LogP contribution in [-0.2, 0) is 4.79 Å². The fourth-order valence-electron chi connectivity index (χ4n) is 2.77. The SMILES string of the molecule is CN(CC(=O)O)C1CCN(CCOc2ccccc2Cl)CC1. The Balaban J connectivity index is 1.67. The minimum Gasteiger partial charge on any atom is -0.491 e. The number of ether oxygens (including phenoxy) is 1. The van der Waals surface area contributed by atoms with Crippen molar-refractivity contribution in [1.82, 2.24) is 9.80 Å². The van der Waals surface area contributed by atoms with E-state index in [1.165, 1.54) is 0 Å². The first-order valence-electron chi connectivity index (χ1n) is 7.58. The second-order valence-electron chi connectivity index (χ2n) is 5.66. The standard InChI is InChI=1S/C16H23ClN2O3/c1-18(12-16(20)21)13-6-8-19(9-7-13)10-11-22-15-5-3-2-4-14(15)17/h2-5,13H,6-12H2,1H3,(H,20,21). The molecule has 5 nitrogen and oxygen atoms in total. The van der Waals surface area contributed by atoms with Crippen molar-refractivity contribution in [3.63, 3.8) is 0 Å². The molecular weight excluding hydrogens is 304 g/mol. The lowest BCUT2D eigenvalue weighted by Crippen LogP contribution is -2.45. The Kier molecular flexibility index (Phi) is 6.49. The summed E-state index contributed by atoms with van der Waals surface area (Å²) in [6.45, 7) is 3.53. The summed E-state index contributed by atoms with van der Waals surface area (Å²) in [5, 5.41) is 9.47. The van der Waals surface area contributed by atoms with Crippen LogP contribution in [0.5, 0.6) is 5.75 Å². The molecule has 22 heavy (non-hydrogen) atoms. The van der Waals surface area contributed by atoms with Crippen molar-refractivity contribution in [3.05, 3.63) is 29.3 Å². The van der Waals surface area contributed by atoms with Gasteiger partial charge in [0, 0.05) is 12.6 Å². The fraction of sp³-hybridized carbons (Fsp3) is 0.562. The number of hydrogen-bond acceptors (Lipinski definition) is 4. The summed E-state index contributed by atoms with van der Waals surface area (Å²) >= 11 is 6.05. The van der Waals surface area contributed by atoms with Gasteiger partial charge >= 0.3 is 5.97 Å². The van der Waals surface area contributed by atoms with Gasteiger partial charge in [-0.05, 0) is 45.1 Å². The van der Waals surface area contributed by atoms with Gasteiger partial charge in [0.1, 0.15) is 12.4 Å². The van der Waals surface area contributed by atoms with Crippen LogP contribution in [-0.4, -0.2) is 66.8 Å². The minimum absolute atomic E-state index is 0.111. The van der Waals surface area contributed by atoms with Crippen LogP contribution in [0.15, 0.2) is 24.3 Å². The summed E-state index contributed by atoms with van der Waals surface area (Å²) in [5.41, 5.74) is 0. The Morgan fingerprint density at radius 1 is 1.41 bits per heavy atom. The lowest BCUT2D eigenvalue weighted by Gasteiger charge is -2.36. The first kappa shape index (κ1) is 17.1. The third-order valence-electron chi connectivity index (χ3n) is 4.07. The van der Waals surface area contributed by atoms with Crippen LogP contribution >= 0.6 is 11.6 Å². The average Bonchev–Trinajstić information content (AvgIpc) is 2.49. The number of piperidine rings is 1. The fourth-order valence-corrected chi connectivity index (χ4v) is 2.96. The molecule has 1 saturated heterocycles. The van der Waals surface area contributed by atoms with Crippen molar-refractivity contribution in [1.29, 1.82) is 0 Å². The highest BCUT2D eigenvalue weighted by Crippen LogP contribution is 2.23. The van der Waals surface area contributed by atoms with Crippen molar-refractivity contribution in [2.45, 2.75) is 18.9 Å². The number of carbonyl (C=O) groups is 1. The van der Waals surface area contributed by atoms with Crippen LogP contribution in [0.2, 0.25) is 5.02 Å². The molecule has 6 heteroatoms. The first-order chi connectivity index (χ1) is 10.6. The van der Waals surface area contributed by atoms with Crippen molar-refractivity contribution in [2.24, 2.45) is 0 Å². The van der Waals surface area contributed by atoms with Crippen molar-refractivity contribution < 1.29 is 14.6 Å². The predicted octanol–water partition coefficient (Wildman–Crippen LogP) is 2.20. The molecule has 0 atom stereocenters. The van der Waals surface area contributed by atoms with E-state index in [4.69, 9.17) is 21.4 Å². The number of carboxylic acid groups (broad SMARTS) is 1. The van der Waals surface area contributed by atoms with Gasteiger partial charge < -0.3 is 9.84 Å². The maximum Gasteiger partial charge on any atom is 0.317 e. The summed E-state index contributed by atoms with van der Waals surface area (Å²) in [5.74, 6) is -0.0432. The number of para-hydroxylation sites is 1. The predicted molar refractivity (Wildman–Crippen MR) is 86.7 cm³/mol. The molecule has 0 aliphatic carbocycles. The van der Waals surface area contributed by atoms with Crippen molar-refractivity contribution >= 4 is 17.6 Å². The zero-order chi connectivity index (χ0) is 15.9. The third-order valence-corrected chi connectivity index (χ3v) is 4.38. The van der Waals surface area contributed by atoms with Crippen LogP contribution in [0.1, 0.15) is 12.8 Å². The van der Waals surface area contributed by atoms with Gasteiger partial charge in [0.25, 0.3) is 0 Å². The summed E-state index contributed by atoms with van der Waals surface area (Å²) in [6.07, 6.45) is 1.99. The van der Waals surface area contributed by atoms with Crippen molar-refractivity contribution in [3.8, 4) is 5.75 Å². The number of aliphatic carboxylic acids is 1. The van der Waals surface area contributed by atoms with E-state index in [9.17, 15) is 4.79 Å². The van der Waals surface area contributed by atoms with E-state index in [0.29, 0.717) is 17.7 Å².